The lowest BCUT2D eigenvalue weighted by molar-refractivity contribution is 0.322. The molecule has 0 bridgehead atoms. The number of nitrogens with zero attached hydrogens (tertiary/aromatic N) is 2. The minimum absolute atomic E-state index is 0.511. The normalized spacial score (nSPS) is 15.6. The molecule has 0 aromatic carbocycles. The summed E-state index contributed by atoms with van der Waals surface area (Å²) in [5.41, 5.74) is 6.63. The molecule has 1 aliphatic carbocycles. The van der Waals surface area contributed by atoms with E-state index in [0.717, 1.165) is 11.4 Å². The van der Waals surface area contributed by atoms with Gasteiger partial charge in [0.2, 0.25) is 5.88 Å². The summed E-state index contributed by atoms with van der Waals surface area (Å²) in [7, 11) is 0. The lowest BCUT2D eigenvalue weighted by atomic mass is 10.3. The second-order valence-corrected chi connectivity index (χ2v) is 3.60. The van der Waals surface area contributed by atoms with Crippen molar-refractivity contribution in [1.29, 1.82) is 0 Å². The highest BCUT2D eigenvalue weighted by atomic mass is 16.5. The highest BCUT2D eigenvalue weighted by Gasteiger charge is 2.28. The highest BCUT2D eigenvalue weighted by molar-refractivity contribution is 5.45. The molecule has 1 heterocycles. The van der Waals surface area contributed by atoms with E-state index in [0.29, 0.717) is 24.2 Å². The van der Waals surface area contributed by atoms with Gasteiger partial charge in [-0.2, -0.15) is 4.98 Å². The molecule has 0 amide bonds. The van der Waals surface area contributed by atoms with Crippen molar-refractivity contribution in [2.45, 2.75) is 32.6 Å². The van der Waals surface area contributed by atoms with Gasteiger partial charge >= 0.3 is 0 Å². The summed E-state index contributed by atoms with van der Waals surface area (Å²) in [4.78, 5) is 8.64. The predicted molar refractivity (Wildman–Crippen MR) is 54.3 cm³/mol. The highest BCUT2D eigenvalue weighted by Crippen LogP contribution is 2.39. The molecule has 0 aliphatic heterocycles. The van der Waals surface area contributed by atoms with Crippen molar-refractivity contribution in [3.63, 3.8) is 0 Å². The number of hydrogen-bond donors (Lipinski definition) is 1. The summed E-state index contributed by atoms with van der Waals surface area (Å²) in [5, 5.41) is 0. The van der Waals surface area contributed by atoms with Crippen LogP contribution >= 0.6 is 0 Å². The maximum absolute atomic E-state index is 5.79. The van der Waals surface area contributed by atoms with Crippen molar-refractivity contribution in [2.75, 3.05) is 12.3 Å². The molecule has 0 atom stereocenters. The Hall–Kier alpha value is -1.32. The largest absolute Gasteiger partial charge is 0.478 e. The van der Waals surface area contributed by atoms with Gasteiger partial charge in [0.05, 0.1) is 12.2 Å². The third kappa shape index (κ3) is 1.64. The van der Waals surface area contributed by atoms with Crippen LogP contribution in [0.3, 0.4) is 0 Å². The van der Waals surface area contributed by atoms with E-state index in [1.807, 2.05) is 13.8 Å². The van der Waals surface area contributed by atoms with Crippen LogP contribution < -0.4 is 10.5 Å². The molecular formula is C10H15N3O. The van der Waals surface area contributed by atoms with Gasteiger partial charge in [0.1, 0.15) is 11.6 Å². The van der Waals surface area contributed by atoms with Gasteiger partial charge in [0.15, 0.2) is 0 Å². The number of nitrogen functional groups attached to an aromatic ring is 1. The molecule has 4 heteroatoms. The van der Waals surface area contributed by atoms with Crippen molar-refractivity contribution in [1.82, 2.24) is 9.97 Å². The summed E-state index contributed by atoms with van der Waals surface area (Å²) in [6, 6.07) is 0. The third-order valence-corrected chi connectivity index (χ3v) is 2.38. The molecule has 1 aromatic heterocycles. The van der Waals surface area contributed by atoms with Crippen molar-refractivity contribution in [3.05, 3.63) is 11.4 Å². The SMILES string of the molecule is CCOc1nc(C2CC2)nc(N)c1C. The number of rotatable bonds is 3. The third-order valence-electron chi connectivity index (χ3n) is 2.38. The van der Waals surface area contributed by atoms with Gasteiger partial charge in [-0.05, 0) is 26.7 Å². The van der Waals surface area contributed by atoms with E-state index in [2.05, 4.69) is 9.97 Å². The number of ether oxygens (including phenoxy) is 1. The lowest BCUT2D eigenvalue weighted by Gasteiger charge is -2.09. The summed E-state index contributed by atoms with van der Waals surface area (Å²) in [5.74, 6) is 2.54. The molecule has 0 spiro atoms. The Morgan fingerprint density at radius 1 is 1.43 bits per heavy atom. The topological polar surface area (TPSA) is 61.0 Å². The monoisotopic (exact) mass is 193 g/mol. The average molecular weight is 193 g/mol. The first kappa shape index (κ1) is 9.24. The molecule has 1 saturated carbocycles. The molecule has 0 saturated heterocycles. The van der Waals surface area contributed by atoms with Gasteiger partial charge in [-0.15, -0.1) is 0 Å². The van der Waals surface area contributed by atoms with Crippen LogP contribution in [0.15, 0.2) is 0 Å². The van der Waals surface area contributed by atoms with E-state index in [1.165, 1.54) is 12.8 Å². The molecule has 2 N–H and O–H groups in total. The van der Waals surface area contributed by atoms with Crippen molar-refractivity contribution >= 4 is 5.82 Å². The summed E-state index contributed by atoms with van der Waals surface area (Å²) in [6.07, 6.45) is 2.35. The van der Waals surface area contributed by atoms with Gasteiger partial charge in [-0.25, -0.2) is 4.98 Å². The minimum Gasteiger partial charge on any atom is -0.478 e. The van der Waals surface area contributed by atoms with Crippen molar-refractivity contribution in [3.8, 4) is 5.88 Å². The summed E-state index contributed by atoms with van der Waals surface area (Å²) in [6.45, 7) is 4.44. The fraction of sp³-hybridized carbons (Fsp3) is 0.600. The Labute approximate surface area is 83.5 Å². The lowest BCUT2D eigenvalue weighted by Crippen LogP contribution is -2.06. The van der Waals surface area contributed by atoms with Gasteiger partial charge in [0, 0.05) is 5.92 Å². The van der Waals surface area contributed by atoms with Crippen LogP contribution in [-0.2, 0) is 0 Å². The maximum Gasteiger partial charge on any atom is 0.221 e. The molecule has 2 rings (SSSR count). The molecular weight excluding hydrogens is 178 g/mol. The fourth-order valence-electron chi connectivity index (χ4n) is 1.33. The second kappa shape index (κ2) is 3.44. The predicted octanol–water partition coefficient (Wildman–Crippen LogP) is 1.64. The van der Waals surface area contributed by atoms with E-state index in [4.69, 9.17) is 10.5 Å². The number of hydrogen-bond acceptors (Lipinski definition) is 4. The van der Waals surface area contributed by atoms with Gasteiger partial charge in [0.25, 0.3) is 0 Å². The molecule has 4 nitrogen and oxygen atoms in total. The maximum atomic E-state index is 5.79. The van der Waals surface area contributed by atoms with Gasteiger partial charge in [-0.3, -0.25) is 0 Å². The molecule has 14 heavy (non-hydrogen) atoms. The Bertz CT molecular complexity index is 347. The minimum atomic E-state index is 0.511. The molecule has 76 valence electrons. The standard InChI is InChI=1S/C10H15N3O/c1-3-14-10-6(2)8(11)12-9(13-10)7-4-5-7/h7H,3-5H2,1-2H3,(H2,11,12,13). The zero-order chi connectivity index (χ0) is 10.1. The molecule has 0 radical (unpaired) electrons. The first-order valence-electron chi connectivity index (χ1n) is 4.99. The van der Waals surface area contributed by atoms with E-state index < -0.39 is 0 Å². The quantitative estimate of drug-likeness (QED) is 0.792. The number of anilines is 1. The summed E-state index contributed by atoms with van der Waals surface area (Å²) >= 11 is 0. The first-order valence-corrected chi connectivity index (χ1v) is 4.99. The zero-order valence-corrected chi connectivity index (χ0v) is 8.58. The van der Waals surface area contributed by atoms with Crippen LogP contribution in [0.2, 0.25) is 0 Å². The van der Waals surface area contributed by atoms with Crippen LogP contribution in [0, 0.1) is 6.92 Å². The Balaban J connectivity index is 2.35. The van der Waals surface area contributed by atoms with Gasteiger partial charge in [-0.1, -0.05) is 0 Å². The zero-order valence-electron chi connectivity index (χ0n) is 8.58. The van der Waals surface area contributed by atoms with Crippen LogP contribution in [0.4, 0.5) is 5.82 Å². The molecule has 0 unspecified atom stereocenters. The van der Waals surface area contributed by atoms with Crippen molar-refractivity contribution in [2.24, 2.45) is 0 Å². The smallest absolute Gasteiger partial charge is 0.221 e. The molecule has 1 aromatic rings. The van der Waals surface area contributed by atoms with E-state index >= 15 is 0 Å². The Morgan fingerprint density at radius 3 is 2.71 bits per heavy atom. The van der Waals surface area contributed by atoms with Crippen LogP contribution in [0.1, 0.15) is 37.1 Å². The number of aromatic nitrogens is 2. The van der Waals surface area contributed by atoms with Gasteiger partial charge < -0.3 is 10.5 Å². The van der Waals surface area contributed by atoms with Crippen LogP contribution in [0.25, 0.3) is 0 Å². The van der Waals surface area contributed by atoms with E-state index in [-0.39, 0.29) is 0 Å². The van der Waals surface area contributed by atoms with Crippen LogP contribution in [0.5, 0.6) is 5.88 Å². The first-order chi connectivity index (χ1) is 6.72. The van der Waals surface area contributed by atoms with Crippen LogP contribution in [-0.4, -0.2) is 16.6 Å². The number of nitrogens with two attached hydrogens (primary N) is 1. The Morgan fingerprint density at radius 2 is 2.14 bits per heavy atom. The molecule has 1 aliphatic rings. The van der Waals surface area contributed by atoms with E-state index in [9.17, 15) is 0 Å². The second-order valence-electron chi connectivity index (χ2n) is 3.60. The summed E-state index contributed by atoms with van der Waals surface area (Å²) < 4.78 is 5.40. The van der Waals surface area contributed by atoms with E-state index in [1.54, 1.807) is 0 Å². The Kier molecular flexibility index (Phi) is 2.27. The molecule has 1 fully saturated rings. The fourth-order valence-corrected chi connectivity index (χ4v) is 1.33. The average Bonchev–Trinajstić information content (AvgIpc) is 2.96. The van der Waals surface area contributed by atoms with Crippen molar-refractivity contribution < 1.29 is 4.74 Å².